The number of aliphatic hydroxyl groups is 2. The van der Waals surface area contributed by atoms with E-state index in [0.717, 1.165) is 0 Å². The zero-order chi connectivity index (χ0) is 35.8. The highest BCUT2D eigenvalue weighted by Gasteiger charge is 2.75. The van der Waals surface area contributed by atoms with Gasteiger partial charge in [0.25, 0.3) is 0 Å². The third-order valence-electron chi connectivity index (χ3n) is 11.3. The van der Waals surface area contributed by atoms with Gasteiger partial charge in [0.15, 0.2) is 24.2 Å². The molecule has 3 fully saturated rings. The topological polar surface area (TPSA) is 180 Å². The molecular weight excluding hydrogens is 631 g/mol. The van der Waals surface area contributed by atoms with Crippen LogP contribution in [-0.2, 0) is 47.7 Å². The Morgan fingerprint density at radius 3 is 2.21 bits per heavy atom. The van der Waals surface area contributed by atoms with Crippen molar-refractivity contribution in [1.82, 2.24) is 0 Å². The van der Waals surface area contributed by atoms with Crippen molar-refractivity contribution in [2.75, 3.05) is 19.8 Å². The molecule has 2 N–H and O–H groups in total. The summed E-state index contributed by atoms with van der Waals surface area (Å²) >= 11 is 0. The molecule has 3 saturated carbocycles. The number of aliphatic hydroxyl groups excluding tert-OH is 1. The van der Waals surface area contributed by atoms with Gasteiger partial charge in [-0.25, -0.2) is 4.39 Å². The number of allylic oxidation sites excluding steroid dienone is 4. The lowest BCUT2D eigenvalue weighted by atomic mass is 9.44. The predicted molar refractivity (Wildman–Crippen MR) is 165 cm³/mol. The summed E-state index contributed by atoms with van der Waals surface area (Å²) in [7, 11) is 0. The smallest absolute Gasteiger partial charge is 0.306 e. The standard InChI is InChI=1S/C35H47FO12/c1-19(12-31(43)48-25(16-45-21(3)37)17-46-22(4)38)11-30(42)47-18-29(41)35(44)20(2)13-27-26-8-7-23-14-24(39)9-10-32(23,5)34(26,36)28(40)15-33(27,35)6/h9-10,14,19-20,25-28,40,44H,7-8,11-13,15-18H2,1-6H3/t19?,20-,26+,27+,28+,32+,33+,34+,35+/m1/s1. The van der Waals surface area contributed by atoms with Crippen LogP contribution >= 0.6 is 0 Å². The number of halogens is 1. The Morgan fingerprint density at radius 1 is 1.00 bits per heavy atom. The SMILES string of the molecule is CC(=O)OCC(COC(C)=O)OC(=O)CC(C)CC(=O)OCC(=O)[C@@]1(O)[C@H](C)C[C@H]2[C@@H]3CCC4=CC(=O)C=C[C@]4(C)[C@@]3(F)[C@@H](O)C[C@@]21C. The van der Waals surface area contributed by atoms with Crippen LogP contribution in [0.2, 0.25) is 0 Å². The van der Waals surface area contributed by atoms with Crippen LogP contribution in [-0.4, -0.2) is 89.0 Å². The second kappa shape index (κ2) is 13.8. The molecular formula is C35H47FO12. The number of hydrogen-bond acceptors (Lipinski definition) is 12. The maximum Gasteiger partial charge on any atom is 0.306 e. The van der Waals surface area contributed by atoms with Gasteiger partial charge in [-0.05, 0) is 62.5 Å². The number of alkyl halides is 1. The van der Waals surface area contributed by atoms with Gasteiger partial charge in [-0.3, -0.25) is 28.8 Å². The fourth-order valence-corrected chi connectivity index (χ4v) is 8.87. The molecule has 266 valence electrons. The summed E-state index contributed by atoms with van der Waals surface area (Å²) in [6, 6.07) is 0. The van der Waals surface area contributed by atoms with E-state index in [-0.39, 0.29) is 38.3 Å². The van der Waals surface area contributed by atoms with E-state index in [0.29, 0.717) is 24.8 Å². The van der Waals surface area contributed by atoms with Gasteiger partial charge in [-0.15, -0.1) is 0 Å². The van der Waals surface area contributed by atoms with E-state index in [9.17, 15) is 39.0 Å². The van der Waals surface area contributed by atoms with Crippen molar-refractivity contribution in [1.29, 1.82) is 0 Å². The Balaban J connectivity index is 1.37. The summed E-state index contributed by atoms with van der Waals surface area (Å²) in [5.41, 5.74) is -5.91. The largest absolute Gasteiger partial charge is 0.462 e. The van der Waals surface area contributed by atoms with Crippen molar-refractivity contribution >= 4 is 35.4 Å². The lowest BCUT2D eigenvalue weighted by Gasteiger charge is -2.62. The molecule has 0 radical (unpaired) electrons. The second-order valence-corrected chi connectivity index (χ2v) is 14.5. The van der Waals surface area contributed by atoms with Crippen LogP contribution in [0.15, 0.2) is 23.8 Å². The molecule has 0 aromatic carbocycles. The van der Waals surface area contributed by atoms with E-state index in [4.69, 9.17) is 18.9 Å². The summed E-state index contributed by atoms with van der Waals surface area (Å²) in [6.07, 6.45) is 2.16. The van der Waals surface area contributed by atoms with Gasteiger partial charge in [0.05, 0.1) is 6.10 Å². The van der Waals surface area contributed by atoms with Crippen molar-refractivity contribution in [3.63, 3.8) is 0 Å². The number of carbonyl (C=O) groups excluding carboxylic acids is 6. The molecule has 1 unspecified atom stereocenters. The van der Waals surface area contributed by atoms with E-state index in [2.05, 4.69) is 0 Å². The predicted octanol–water partition coefficient (Wildman–Crippen LogP) is 2.90. The zero-order valence-electron chi connectivity index (χ0n) is 28.4. The highest BCUT2D eigenvalue weighted by Crippen LogP contribution is 2.70. The molecule has 9 atom stereocenters. The van der Waals surface area contributed by atoms with Gasteiger partial charge < -0.3 is 29.2 Å². The minimum absolute atomic E-state index is 0.203. The minimum atomic E-state index is -2.11. The lowest BCUT2D eigenvalue weighted by Crippen LogP contribution is -2.69. The lowest BCUT2D eigenvalue weighted by molar-refractivity contribution is -0.220. The molecule has 0 aromatic heterocycles. The van der Waals surface area contributed by atoms with Crippen molar-refractivity contribution in [2.45, 2.75) is 104 Å². The van der Waals surface area contributed by atoms with Crippen LogP contribution in [0.4, 0.5) is 4.39 Å². The van der Waals surface area contributed by atoms with Crippen LogP contribution in [0.1, 0.15) is 80.1 Å². The highest BCUT2D eigenvalue weighted by molar-refractivity contribution is 6.01. The van der Waals surface area contributed by atoms with Crippen molar-refractivity contribution < 1.29 is 62.3 Å². The third-order valence-corrected chi connectivity index (χ3v) is 11.3. The molecule has 4 rings (SSSR count). The summed E-state index contributed by atoms with van der Waals surface area (Å²) < 4.78 is 37.6. The van der Waals surface area contributed by atoms with Gasteiger partial charge in [-0.2, -0.15) is 0 Å². The molecule has 48 heavy (non-hydrogen) atoms. The zero-order valence-corrected chi connectivity index (χ0v) is 28.4. The third kappa shape index (κ3) is 6.59. The Bertz CT molecular complexity index is 1390. The average molecular weight is 679 g/mol. The maximum absolute atomic E-state index is 17.4. The molecule has 0 aromatic rings. The molecule has 4 aliphatic rings. The van der Waals surface area contributed by atoms with Gasteiger partial charge >= 0.3 is 23.9 Å². The van der Waals surface area contributed by atoms with Crippen molar-refractivity contribution in [3.8, 4) is 0 Å². The quantitative estimate of drug-likeness (QED) is 0.228. The Hall–Kier alpha value is -3.45. The number of fused-ring (bicyclic) bond motifs is 5. The van der Waals surface area contributed by atoms with E-state index >= 15 is 4.39 Å². The molecule has 0 saturated heterocycles. The fourth-order valence-electron chi connectivity index (χ4n) is 8.87. The van der Waals surface area contributed by atoms with Gasteiger partial charge in [0, 0.05) is 43.4 Å². The van der Waals surface area contributed by atoms with Crippen LogP contribution in [0.5, 0.6) is 0 Å². The van der Waals surface area contributed by atoms with Crippen LogP contribution in [0, 0.1) is 34.5 Å². The van der Waals surface area contributed by atoms with E-state index in [1.807, 2.05) is 0 Å². The number of hydrogen-bond donors (Lipinski definition) is 2. The first-order valence-electron chi connectivity index (χ1n) is 16.5. The molecule has 0 spiro atoms. The molecule has 0 heterocycles. The highest BCUT2D eigenvalue weighted by atomic mass is 19.1. The summed E-state index contributed by atoms with van der Waals surface area (Å²) in [6.45, 7) is 7.62. The van der Waals surface area contributed by atoms with Crippen LogP contribution < -0.4 is 0 Å². The molecule has 13 heteroatoms. The van der Waals surface area contributed by atoms with E-state index in [1.165, 1.54) is 26.0 Å². The fraction of sp³-hybridized carbons (Fsp3) is 0.714. The minimum Gasteiger partial charge on any atom is -0.462 e. The summed E-state index contributed by atoms with van der Waals surface area (Å²) in [5.74, 6) is -6.09. The average Bonchev–Trinajstić information content (AvgIpc) is 3.19. The first-order chi connectivity index (χ1) is 22.3. The number of ether oxygens (including phenoxy) is 4. The summed E-state index contributed by atoms with van der Waals surface area (Å²) in [5, 5.41) is 23.6. The van der Waals surface area contributed by atoms with Crippen LogP contribution in [0.25, 0.3) is 0 Å². The monoisotopic (exact) mass is 678 g/mol. The van der Waals surface area contributed by atoms with Crippen molar-refractivity contribution in [3.05, 3.63) is 23.8 Å². The molecule has 0 amide bonds. The first kappa shape index (κ1) is 37.4. The van der Waals surface area contributed by atoms with Crippen molar-refractivity contribution in [2.24, 2.45) is 34.5 Å². The number of esters is 4. The number of ketones is 2. The van der Waals surface area contributed by atoms with E-state index < -0.39 is 94.2 Å². The number of Topliss-reactive ketones (excluding diaryl/α,β-unsaturated/α-hetero) is 1. The molecule has 4 aliphatic carbocycles. The second-order valence-electron chi connectivity index (χ2n) is 14.5. The van der Waals surface area contributed by atoms with E-state index in [1.54, 1.807) is 33.8 Å². The Morgan fingerprint density at radius 2 is 1.60 bits per heavy atom. The van der Waals surface area contributed by atoms with Gasteiger partial charge in [0.2, 0.25) is 5.78 Å². The number of rotatable bonds is 12. The van der Waals surface area contributed by atoms with Crippen LogP contribution in [0.3, 0.4) is 0 Å². The Kier molecular flexibility index (Phi) is 10.8. The Labute approximate surface area is 279 Å². The molecule has 0 bridgehead atoms. The molecule has 12 nitrogen and oxygen atoms in total. The van der Waals surface area contributed by atoms with Gasteiger partial charge in [0.1, 0.15) is 18.8 Å². The first-order valence-corrected chi connectivity index (χ1v) is 16.5. The normalized spacial score (nSPS) is 35.8. The molecule has 0 aliphatic heterocycles. The summed E-state index contributed by atoms with van der Waals surface area (Å²) in [4.78, 5) is 73.2. The maximum atomic E-state index is 17.4. The number of carbonyl (C=O) groups is 6. The van der Waals surface area contributed by atoms with Gasteiger partial charge in [-0.1, -0.05) is 32.4 Å².